The summed E-state index contributed by atoms with van der Waals surface area (Å²) < 4.78 is 14.5. The summed E-state index contributed by atoms with van der Waals surface area (Å²) in [4.78, 5) is 8.10. The summed E-state index contributed by atoms with van der Waals surface area (Å²) in [5.74, 6) is -0.343. The van der Waals surface area contributed by atoms with Gasteiger partial charge in [0.15, 0.2) is 0 Å². The molecule has 0 radical (unpaired) electrons. The van der Waals surface area contributed by atoms with Gasteiger partial charge in [-0.25, -0.2) is 13.9 Å². The van der Waals surface area contributed by atoms with E-state index in [0.717, 1.165) is 11.1 Å². The maximum Gasteiger partial charge on any atom is 0.148 e. The van der Waals surface area contributed by atoms with Gasteiger partial charge in [-0.3, -0.25) is 4.98 Å². The minimum atomic E-state index is -0.343. The highest BCUT2D eigenvalue weighted by Crippen LogP contribution is 2.23. The average Bonchev–Trinajstić information content (AvgIpc) is 2.71. The summed E-state index contributed by atoms with van der Waals surface area (Å²) in [5, 5.41) is 4.36. The number of nitrogens with zero attached hydrogens (tertiary/aromatic N) is 4. The van der Waals surface area contributed by atoms with Crippen LogP contribution in [0.1, 0.15) is 0 Å². The maximum absolute atomic E-state index is 13.0. The Kier molecular flexibility index (Phi) is 2.26. The molecule has 0 fully saturated rings. The molecule has 3 aromatic heterocycles. The highest BCUT2D eigenvalue weighted by Gasteiger charge is 2.09. The smallest absolute Gasteiger partial charge is 0.148 e. The van der Waals surface area contributed by atoms with Crippen molar-refractivity contribution < 1.29 is 4.39 Å². The summed E-state index contributed by atoms with van der Waals surface area (Å²) in [5.41, 5.74) is 2.13. The van der Waals surface area contributed by atoms with Gasteiger partial charge in [-0.2, -0.15) is 5.10 Å². The molecule has 0 saturated heterocycles. The molecule has 0 amide bonds. The van der Waals surface area contributed by atoms with E-state index in [2.05, 4.69) is 15.1 Å². The lowest BCUT2D eigenvalue weighted by molar-refractivity contribution is 0.615. The van der Waals surface area contributed by atoms with Gasteiger partial charge in [0.1, 0.15) is 11.0 Å². The second-order valence-corrected chi connectivity index (χ2v) is 3.85. The molecule has 0 aliphatic heterocycles. The first-order valence-electron chi connectivity index (χ1n) is 4.85. The second kappa shape index (κ2) is 3.78. The zero-order valence-corrected chi connectivity index (χ0v) is 9.26. The topological polar surface area (TPSA) is 43.1 Å². The van der Waals surface area contributed by atoms with Crippen LogP contribution in [0.4, 0.5) is 4.39 Å². The Morgan fingerprint density at radius 1 is 1.18 bits per heavy atom. The molecule has 0 spiro atoms. The molecule has 6 heteroatoms. The Bertz CT molecular complexity index is 695. The molecule has 4 nitrogen and oxygen atoms in total. The first-order valence-corrected chi connectivity index (χ1v) is 5.22. The molecule has 17 heavy (non-hydrogen) atoms. The summed E-state index contributed by atoms with van der Waals surface area (Å²) >= 11 is 5.78. The van der Waals surface area contributed by atoms with Crippen molar-refractivity contribution in [3.05, 3.63) is 47.9 Å². The van der Waals surface area contributed by atoms with Crippen LogP contribution in [-0.2, 0) is 0 Å². The van der Waals surface area contributed by atoms with E-state index < -0.39 is 0 Å². The standard InChI is InChI=1S/C11H6ClFN4/c12-11-5-14-4-9(16-11)8-3-15-17-6-7(13)1-2-10(8)17/h1-6H. The molecule has 0 atom stereocenters. The third-order valence-corrected chi connectivity index (χ3v) is 2.54. The summed E-state index contributed by atoms with van der Waals surface area (Å²) in [6, 6.07) is 3.01. The van der Waals surface area contributed by atoms with Crippen LogP contribution >= 0.6 is 11.6 Å². The SMILES string of the molecule is Fc1ccc2c(-c3cncc(Cl)n3)cnn2c1. The Morgan fingerprint density at radius 2 is 2.06 bits per heavy atom. The lowest BCUT2D eigenvalue weighted by atomic mass is 10.2. The van der Waals surface area contributed by atoms with Gasteiger partial charge in [0.25, 0.3) is 0 Å². The first kappa shape index (κ1) is 10.2. The molecule has 0 aliphatic carbocycles. The van der Waals surface area contributed by atoms with E-state index in [4.69, 9.17) is 11.6 Å². The molecule has 0 saturated carbocycles. The van der Waals surface area contributed by atoms with Crippen LogP contribution < -0.4 is 0 Å². The van der Waals surface area contributed by atoms with Crippen LogP contribution in [0.25, 0.3) is 16.8 Å². The van der Waals surface area contributed by atoms with Gasteiger partial charge in [0.2, 0.25) is 0 Å². The van der Waals surface area contributed by atoms with E-state index in [1.807, 2.05) is 0 Å². The van der Waals surface area contributed by atoms with Crippen molar-refractivity contribution in [2.24, 2.45) is 0 Å². The lowest BCUT2D eigenvalue weighted by Crippen LogP contribution is -1.89. The second-order valence-electron chi connectivity index (χ2n) is 3.46. The minimum absolute atomic E-state index is 0.309. The third-order valence-electron chi connectivity index (χ3n) is 2.36. The van der Waals surface area contributed by atoms with E-state index in [1.165, 1.54) is 23.0 Å². The quantitative estimate of drug-likeness (QED) is 0.665. The number of aromatic nitrogens is 4. The molecule has 0 unspecified atom stereocenters. The van der Waals surface area contributed by atoms with Crippen molar-refractivity contribution in [3.8, 4) is 11.3 Å². The number of rotatable bonds is 1. The monoisotopic (exact) mass is 248 g/mol. The van der Waals surface area contributed by atoms with Crippen molar-refractivity contribution >= 4 is 17.1 Å². The van der Waals surface area contributed by atoms with Crippen molar-refractivity contribution in [1.29, 1.82) is 0 Å². The third kappa shape index (κ3) is 1.74. The first-order chi connectivity index (χ1) is 8.24. The molecular weight excluding hydrogens is 243 g/mol. The van der Waals surface area contributed by atoms with Crippen LogP contribution in [0.15, 0.2) is 36.9 Å². The van der Waals surface area contributed by atoms with Gasteiger partial charge >= 0.3 is 0 Å². The fraction of sp³-hybridized carbons (Fsp3) is 0. The number of fused-ring (bicyclic) bond motifs is 1. The Hall–Kier alpha value is -2.01. The molecule has 0 N–H and O–H groups in total. The number of hydrogen-bond donors (Lipinski definition) is 0. The number of halogens is 2. The zero-order valence-electron chi connectivity index (χ0n) is 8.51. The summed E-state index contributed by atoms with van der Waals surface area (Å²) in [6.07, 6.45) is 5.95. The summed E-state index contributed by atoms with van der Waals surface area (Å²) in [6.45, 7) is 0. The van der Waals surface area contributed by atoms with Crippen LogP contribution in [0.5, 0.6) is 0 Å². The van der Waals surface area contributed by atoms with Gasteiger partial charge in [-0.05, 0) is 12.1 Å². The molecule has 84 valence electrons. The Balaban J connectivity index is 2.24. The van der Waals surface area contributed by atoms with Gasteiger partial charge in [0, 0.05) is 5.56 Å². The Morgan fingerprint density at radius 3 is 2.88 bits per heavy atom. The zero-order chi connectivity index (χ0) is 11.8. The van der Waals surface area contributed by atoms with E-state index >= 15 is 0 Å². The highest BCUT2D eigenvalue weighted by molar-refractivity contribution is 6.29. The fourth-order valence-electron chi connectivity index (χ4n) is 1.63. The predicted octanol–water partition coefficient (Wildman–Crippen LogP) is 2.58. The van der Waals surface area contributed by atoms with E-state index in [9.17, 15) is 4.39 Å². The van der Waals surface area contributed by atoms with Crippen molar-refractivity contribution in [2.45, 2.75) is 0 Å². The van der Waals surface area contributed by atoms with E-state index in [-0.39, 0.29) is 5.82 Å². The fourth-order valence-corrected chi connectivity index (χ4v) is 1.78. The van der Waals surface area contributed by atoms with Crippen molar-refractivity contribution in [2.75, 3.05) is 0 Å². The largest absolute Gasteiger partial charge is 0.259 e. The van der Waals surface area contributed by atoms with Gasteiger partial charge in [-0.1, -0.05) is 11.6 Å². The van der Waals surface area contributed by atoms with Crippen LogP contribution in [0.3, 0.4) is 0 Å². The van der Waals surface area contributed by atoms with E-state index in [0.29, 0.717) is 10.8 Å². The van der Waals surface area contributed by atoms with Crippen LogP contribution in [-0.4, -0.2) is 19.6 Å². The van der Waals surface area contributed by atoms with Crippen LogP contribution in [0, 0.1) is 5.82 Å². The van der Waals surface area contributed by atoms with Crippen molar-refractivity contribution in [3.63, 3.8) is 0 Å². The molecule has 0 bridgehead atoms. The number of pyridine rings is 1. The van der Waals surface area contributed by atoms with Gasteiger partial charge in [0.05, 0.1) is 36.0 Å². The molecule has 3 heterocycles. The van der Waals surface area contributed by atoms with Crippen LogP contribution in [0.2, 0.25) is 5.15 Å². The summed E-state index contributed by atoms with van der Waals surface area (Å²) in [7, 11) is 0. The number of hydrogen-bond acceptors (Lipinski definition) is 3. The van der Waals surface area contributed by atoms with Gasteiger partial charge in [-0.15, -0.1) is 0 Å². The molecule has 3 rings (SSSR count). The molecular formula is C11H6ClFN4. The molecule has 0 aliphatic rings. The Labute approximate surface area is 101 Å². The van der Waals surface area contributed by atoms with Crippen molar-refractivity contribution in [1.82, 2.24) is 19.6 Å². The predicted molar refractivity (Wildman–Crippen MR) is 61.2 cm³/mol. The molecule has 0 aromatic carbocycles. The highest BCUT2D eigenvalue weighted by atomic mass is 35.5. The normalized spacial score (nSPS) is 10.9. The van der Waals surface area contributed by atoms with E-state index in [1.54, 1.807) is 18.5 Å². The minimum Gasteiger partial charge on any atom is -0.259 e. The maximum atomic E-state index is 13.0. The van der Waals surface area contributed by atoms with Gasteiger partial charge < -0.3 is 0 Å². The average molecular weight is 249 g/mol. The molecule has 3 aromatic rings. The lowest BCUT2D eigenvalue weighted by Gasteiger charge is -1.98.